The number of benzene rings is 3. The predicted molar refractivity (Wildman–Crippen MR) is 88.1 cm³/mol. The molecule has 5 nitrogen and oxygen atoms in total. The number of hydrogen-bond donors (Lipinski definition) is 1. The van der Waals surface area contributed by atoms with Crippen molar-refractivity contribution < 1.29 is 24.1 Å². The molecule has 118 valence electrons. The minimum atomic E-state index is -1.00. The van der Waals surface area contributed by atoms with Gasteiger partial charge in [0.05, 0.1) is 26.9 Å². The molecule has 0 saturated carbocycles. The highest BCUT2D eigenvalue weighted by Crippen LogP contribution is 2.39. The molecular formula is C18H16O5. The van der Waals surface area contributed by atoms with Gasteiger partial charge in [-0.2, -0.15) is 0 Å². The zero-order valence-electron chi connectivity index (χ0n) is 13.0. The van der Waals surface area contributed by atoms with Gasteiger partial charge in [0, 0.05) is 10.8 Å². The third kappa shape index (κ3) is 2.30. The highest BCUT2D eigenvalue weighted by Gasteiger charge is 2.17. The Morgan fingerprint density at radius 3 is 1.96 bits per heavy atom. The summed E-state index contributed by atoms with van der Waals surface area (Å²) in [5, 5.41) is 12.6. The molecule has 0 fully saturated rings. The second-order valence-electron chi connectivity index (χ2n) is 5.04. The molecule has 0 amide bonds. The Morgan fingerprint density at radius 2 is 1.39 bits per heavy atom. The summed E-state index contributed by atoms with van der Waals surface area (Å²) in [6, 6.07) is 10.7. The van der Waals surface area contributed by atoms with Gasteiger partial charge in [0.1, 0.15) is 5.75 Å². The lowest BCUT2D eigenvalue weighted by atomic mass is 9.96. The van der Waals surface area contributed by atoms with E-state index in [-0.39, 0.29) is 5.56 Å². The molecule has 0 aliphatic rings. The number of fused-ring (bicyclic) bond motifs is 3. The van der Waals surface area contributed by atoms with E-state index in [1.54, 1.807) is 38.5 Å². The average molecular weight is 312 g/mol. The van der Waals surface area contributed by atoms with Gasteiger partial charge in [-0.3, -0.25) is 0 Å². The van der Waals surface area contributed by atoms with Crippen molar-refractivity contribution in [1.82, 2.24) is 0 Å². The second kappa shape index (κ2) is 5.68. The van der Waals surface area contributed by atoms with Crippen molar-refractivity contribution in [2.24, 2.45) is 0 Å². The van der Waals surface area contributed by atoms with Gasteiger partial charge in [-0.15, -0.1) is 0 Å². The molecule has 5 heteroatoms. The fraction of sp³-hybridized carbons (Fsp3) is 0.167. The molecule has 0 aliphatic carbocycles. The molecule has 0 aromatic heterocycles. The Morgan fingerprint density at radius 1 is 0.783 bits per heavy atom. The van der Waals surface area contributed by atoms with Crippen molar-refractivity contribution in [2.45, 2.75) is 0 Å². The van der Waals surface area contributed by atoms with Crippen LogP contribution in [0.1, 0.15) is 10.4 Å². The maximum absolute atomic E-state index is 11.7. The Labute approximate surface area is 133 Å². The third-order valence-corrected chi connectivity index (χ3v) is 3.91. The standard InChI is InChI=1S/C18H16O5/c1-21-15-6-4-5-10-11-8-16(22-2)17(23-3)9-12(11)14(18(19)20)7-13(10)15/h4-9H,1-3H3,(H,19,20). The van der Waals surface area contributed by atoms with Crippen molar-refractivity contribution in [3.63, 3.8) is 0 Å². The number of aromatic carboxylic acids is 1. The fourth-order valence-electron chi connectivity index (χ4n) is 2.83. The van der Waals surface area contributed by atoms with Crippen LogP contribution in [0.15, 0.2) is 36.4 Å². The van der Waals surface area contributed by atoms with E-state index in [1.165, 1.54) is 7.11 Å². The zero-order valence-corrected chi connectivity index (χ0v) is 13.0. The first-order chi connectivity index (χ1) is 11.1. The SMILES string of the molecule is COc1cc2c(C(=O)O)cc3c(OC)cccc3c2cc1OC. The van der Waals surface area contributed by atoms with Crippen LogP contribution >= 0.6 is 0 Å². The summed E-state index contributed by atoms with van der Waals surface area (Å²) in [6.45, 7) is 0. The molecule has 0 aliphatic heterocycles. The van der Waals surface area contributed by atoms with Crippen LogP contribution in [-0.4, -0.2) is 32.4 Å². The number of ether oxygens (including phenoxy) is 3. The van der Waals surface area contributed by atoms with E-state index >= 15 is 0 Å². The van der Waals surface area contributed by atoms with Crippen molar-refractivity contribution in [3.8, 4) is 17.2 Å². The molecule has 23 heavy (non-hydrogen) atoms. The van der Waals surface area contributed by atoms with E-state index in [0.717, 1.165) is 16.2 Å². The minimum absolute atomic E-state index is 0.193. The van der Waals surface area contributed by atoms with Crippen LogP contribution < -0.4 is 14.2 Å². The molecular weight excluding hydrogens is 296 g/mol. The van der Waals surface area contributed by atoms with E-state index < -0.39 is 5.97 Å². The number of carboxylic acids is 1. The topological polar surface area (TPSA) is 65.0 Å². The van der Waals surface area contributed by atoms with Gasteiger partial charge < -0.3 is 19.3 Å². The number of carbonyl (C=O) groups is 1. The first-order valence-electron chi connectivity index (χ1n) is 6.99. The summed E-state index contributed by atoms with van der Waals surface area (Å²) in [4.78, 5) is 11.7. The second-order valence-corrected chi connectivity index (χ2v) is 5.04. The van der Waals surface area contributed by atoms with E-state index in [1.807, 2.05) is 12.1 Å². The van der Waals surface area contributed by atoms with Crippen molar-refractivity contribution in [1.29, 1.82) is 0 Å². The molecule has 0 unspecified atom stereocenters. The van der Waals surface area contributed by atoms with E-state index in [0.29, 0.717) is 22.6 Å². The number of carboxylic acid groups (broad SMARTS) is 1. The van der Waals surface area contributed by atoms with Crippen LogP contribution in [0.4, 0.5) is 0 Å². The Balaban J connectivity index is 2.54. The van der Waals surface area contributed by atoms with Crippen LogP contribution in [0.3, 0.4) is 0 Å². The van der Waals surface area contributed by atoms with Gasteiger partial charge in [0.2, 0.25) is 0 Å². The maximum atomic E-state index is 11.7. The van der Waals surface area contributed by atoms with Crippen molar-refractivity contribution in [3.05, 3.63) is 42.0 Å². The first kappa shape index (κ1) is 15.0. The molecule has 3 aromatic carbocycles. The van der Waals surface area contributed by atoms with Gasteiger partial charge in [0.25, 0.3) is 0 Å². The van der Waals surface area contributed by atoms with Crippen molar-refractivity contribution in [2.75, 3.05) is 21.3 Å². The molecule has 3 aromatic rings. The van der Waals surface area contributed by atoms with Crippen LogP contribution in [0.2, 0.25) is 0 Å². The minimum Gasteiger partial charge on any atom is -0.496 e. The lowest BCUT2D eigenvalue weighted by Gasteiger charge is -2.14. The molecule has 3 rings (SSSR count). The Kier molecular flexibility index (Phi) is 3.70. The molecule has 0 spiro atoms. The highest BCUT2D eigenvalue weighted by atomic mass is 16.5. The van der Waals surface area contributed by atoms with E-state index in [9.17, 15) is 9.90 Å². The Bertz CT molecular complexity index is 914. The summed E-state index contributed by atoms with van der Waals surface area (Å²) < 4.78 is 16.0. The summed E-state index contributed by atoms with van der Waals surface area (Å²) >= 11 is 0. The largest absolute Gasteiger partial charge is 0.496 e. The van der Waals surface area contributed by atoms with Gasteiger partial charge in [0.15, 0.2) is 11.5 Å². The van der Waals surface area contributed by atoms with E-state index in [4.69, 9.17) is 14.2 Å². The summed E-state index contributed by atoms with van der Waals surface area (Å²) in [7, 11) is 4.63. The van der Waals surface area contributed by atoms with Crippen LogP contribution in [0, 0.1) is 0 Å². The molecule has 0 bridgehead atoms. The zero-order chi connectivity index (χ0) is 16.6. The first-order valence-corrected chi connectivity index (χ1v) is 6.99. The monoisotopic (exact) mass is 312 g/mol. The van der Waals surface area contributed by atoms with Gasteiger partial charge in [-0.1, -0.05) is 12.1 Å². The van der Waals surface area contributed by atoms with E-state index in [2.05, 4.69) is 0 Å². The fourth-order valence-corrected chi connectivity index (χ4v) is 2.83. The quantitative estimate of drug-likeness (QED) is 0.744. The summed E-state index contributed by atoms with van der Waals surface area (Å²) in [6.07, 6.45) is 0. The maximum Gasteiger partial charge on any atom is 0.336 e. The molecule has 0 saturated heterocycles. The van der Waals surface area contributed by atoms with Crippen LogP contribution in [0.5, 0.6) is 17.2 Å². The van der Waals surface area contributed by atoms with Crippen molar-refractivity contribution >= 4 is 27.5 Å². The average Bonchev–Trinajstić information content (AvgIpc) is 2.58. The molecule has 0 heterocycles. The third-order valence-electron chi connectivity index (χ3n) is 3.91. The highest BCUT2D eigenvalue weighted by molar-refractivity contribution is 6.17. The molecule has 0 radical (unpaired) electrons. The lowest BCUT2D eigenvalue weighted by Crippen LogP contribution is -2.00. The molecule has 1 N–H and O–H groups in total. The van der Waals surface area contributed by atoms with Gasteiger partial charge >= 0.3 is 5.97 Å². The molecule has 0 atom stereocenters. The van der Waals surface area contributed by atoms with Gasteiger partial charge in [-0.05, 0) is 35.0 Å². The predicted octanol–water partition coefficient (Wildman–Crippen LogP) is 3.72. The number of rotatable bonds is 4. The van der Waals surface area contributed by atoms with Gasteiger partial charge in [-0.25, -0.2) is 4.79 Å². The number of hydrogen-bond acceptors (Lipinski definition) is 4. The summed E-state index contributed by atoms with van der Waals surface area (Å²) in [5.41, 5.74) is 0.193. The smallest absolute Gasteiger partial charge is 0.336 e. The summed E-state index contributed by atoms with van der Waals surface area (Å²) in [5.74, 6) is 0.660. The number of methoxy groups -OCH3 is 3. The van der Waals surface area contributed by atoms with Crippen LogP contribution in [0.25, 0.3) is 21.5 Å². The Hall–Kier alpha value is -2.95. The lowest BCUT2D eigenvalue weighted by molar-refractivity contribution is 0.0699. The van der Waals surface area contributed by atoms with Crippen LogP contribution in [-0.2, 0) is 0 Å². The normalized spacial score (nSPS) is 10.7.